The summed E-state index contributed by atoms with van der Waals surface area (Å²) in [5, 5.41) is 3.43. The first-order chi connectivity index (χ1) is 11.3. The molecule has 4 nitrogen and oxygen atoms in total. The van der Waals surface area contributed by atoms with E-state index in [0.717, 1.165) is 23.6 Å². The van der Waals surface area contributed by atoms with E-state index < -0.39 is 0 Å². The topological polar surface area (TPSA) is 39.7 Å². The Kier molecular flexibility index (Phi) is 5.16. The van der Waals surface area contributed by atoms with Gasteiger partial charge in [-0.2, -0.15) is 0 Å². The molecule has 1 aliphatic rings. The van der Waals surface area contributed by atoms with Crippen molar-refractivity contribution in [1.82, 2.24) is 5.32 Å². The van der Waals surface area contributed by atoms with Crippen LogP contribution in [0.3, 0.4) is 0 Å². The van der Waals surface area contributed by atoms with Gasteiger partial charge in [0, 0.05) is 19.7 Å². The third kappa shape index (κ3) is 4.03. The number of hydrogen-bond donors (Lipinski definition) is 1. The van der Waals surface area contributed by atoms with Crippen molar-refractivity contribution in [3.8, 4) is 11.5 Å². The maximum Gasteiger partial charge on any atom is 0.162 e. The highest BCUT2D eigenvalue weighted by Crippen LogP contribution is 2.35. The summed E-state index contributed by atoms with van der Waals surface area (Å²) in [6, 6.07) is 16.6. The molecule has 1 aliphatic heterocycles. The van der Waals surface area contributed by atoms with Crippen LogP contribution in [0.4, 0.5) is 0 Å². The Hall–Kier alpha value is -2.04. The van der Waals surface area contributed by atoms with Gasteiger partial charge in [-0.15, -0.1) is 0 Å². The van der Waals surface area contributed by atoms with Crippen molar-refractivity contribution in [3.05, 3.63) is 59.7 Å². The molecule has 1 heterocycles. The molecule has 0 amide bonds. The highest BCUT2D eigenvalue weighted by molar-refractivity contribution is 5.41. The third-order valence-corrected chi connectivity index (χ3v) is 3.93. The van der Waals surface area contributed by atoms with E-state index in [1.165, 1.54) is 5.56 Å². The van der Waals surface area contributed by atoms with Crippen molar-refractivity contribution in [3.63, 3.8) is 0 Å². The molecule has 23 heavy (non-hydrogen) atoms. The zero-order valence-electron chi connectivity index (χ0n) is 13.6. The van der Waals surface area contributed by atoms with Crippen molar-refractivity contribution in [2.45, 2.75) is 25.6 Å². The third-order valence-electron chi connectivity index (χ3n) is 3.93. The Morgan fingerprint density at radius 2 is 1.87 bits per heavy atom. The fraction of sp³-hybridized carbons (Fsp3) is 0.368. The molecule has 0 radical (unpaired) electrons. The van der Waals surface area contributed by atoms with E-state index >= 15 is 0 Å². The quantitative estimate of drug-likeness (QED) is 0.888. The Labute approximate surface area is 137 Å². The van der Waals surface area contributed by atoms with Gasteiger partial charge in [0.15, 0.2) is 17.6 Å². The molecule has 2 aromatic rings. The monoisotopic (exact) mass is 313 g/mol. The van der Waals surface area contributed by atoms with Crippen LogP contribution in [-0.2, 0) is 11.3 Å². The molecule has 122 valence electrons. The van der Waals surface area contributed by atoms with Gasteiger partial charge in [0.1, 0.15) is 6.61 Å². The fourth-order valence-electron chi connectivity index (χ4n) is 2.63. The van der Waals surface area contributed by atoms with Crippen molar-refractivity contribution >= 4 is 0 Å². The minimum atomic E-state index is -0.0562. The second-order valence-electron chi connectivity index (χ2n) is 5.84. The average molecular weight is 313 g/mol. The van der Waals surface area contributed by atoms with E-state index in [-0.39, 0.29) is 6.10 Å². The summed E-state index contributed by atoms with van der Waals surface area (Å²) in [7, 11) is 1.72. The largest absolute Gasteiger partial charge is 0.485 e. The molecule has 0 bridgehead atoms. The standard InChI is InChI=1S/C19H23NO3/c1-14(12-21-2)20-11-15-7-9-16(10-8-15)19-13-22-17-5-3-4-6-18(17)23-19/h3-10,14,19-20H,11-13H2,1-2H3. The molecule has 0 aromatic heterocycles. The summed E-state index contributed by atoms with van der Waals surface area (Å²) in [5.74, 6) is 1.62. The Bertz CT molecular complexity index is 627. The summed E-state index contributed by atoms with van der Waals surface area (Å²) in [6.07, 6.45) is -0.0562. The lowest BCUT2D eigenvalue weighted by Gasteiger charge is -2.26. The zero-order valence-corrected chi connectivity index (χ0v) is 13.6. The van der Waals surface area contributed by atoms with Crippen LogP contribution in [0, 0.1) is 0 Å². The number of nitrogens with one attached hydrogen (secondary N) is 1. The van der Waals surface area contributed by atoms with Crippen LogP contribution in [0.25, 0.3) is 0 Å². The van der Waals surface area contributed by atoms with Gasteiger partial charge in [-0.05, 0) is 30.2 Å². The summed E-state index contributed by atoms with van der Waals surface area (Å²) in [6.45, 7) is 4.20. The number of rotatable bonds is 6. The Morgan fingerprint density at radius 1 is 1.13 bits per heavy atom. The molecular formula is C19H23NO3. The maximum absolute atomic E-state index is 6.03. The molecule has 0 aliphatic carbocycles. The lowest BCUT2D eigenvalue weighted by Crippen LogP contribution is -2.29. The van der Waals surface area contributed by atoms with Crippen LogP contribution in [0.5, 0.6) is 11.5 Å². The molecule has 3 rings (SSSR count). The van der Waals surface area contributed by atoms with Crippen molar-refractivity contribution in [2.75, 3.05) is 20.3 Å². The molecule has 2 unspecified atom stereocenters. The van der Waals surface area contributed by atoms with Gasteiger partial charge in [0.25, 0.3) is 0 Å². The summed E-state index contributed by atoms with van der Waals surface area (Å²) >= 11 is 0. The summed E-state index contributed by atoms with van der Waals surface area (Å²) in [4.78, 5) is 0. The fourth-order valence-corrected chi connectivity index (χ4v) is 2.63. The predicted octanol–water partition coefficient (Wildman–Crippen LogP) is 3.32. The Morgan fingerprint density at radius 3 is 2.61 bits per heavy atom. The van der Waals surface area contributed by atoms with Crippen LogP contribution in [0.2, 0.25) is 0 Å². The van der Waals surface area contributed by atoms with Crippen molar-refractivity contribution < 1.29 is 14.2 Å². The number of fused-ring (bicyclic) bond motifs is 1. The van der Waals surface area contributed by atoms with Crippen LogP contribution in [0.1, 0.15) is 24.2 Å². The smallest absolute Gasteiger partial charge is 0.162 e. The predicted molar refractivity (Wildman–Crippen MR) is 89.9 cm³/mol. The van der Waals surface area contributed by atoms with Gasteiger partial charge in [0.05, 0.1) is 6.61 Å². The van der Waals surface area contributed by atoms with Gasteiger partial charge in [-0.3, -0.25) is 0 Å². The zero-order chi connectivity index (χ0) is 16.1. The van der Waals surface area contributed by atoms with Gasteiger partial charge in [0.2, 0.25) is 0 Å². The van der Waals surface area contributed by atoms with E-state index in [2.05, 4.69) is 36.5 Å². The van der Waals surface area contributed by atoms with Gasteiger partial charge in [-0.25, -0.2) is 0 Å². The molecule has 0 saturated heterocycles. The SMILES string of the molecule is COCC(C)NCc1ccc(C2COc3ccccc3O2)cc1. The first-order valence-electron chi connectivity index (χ1n) is 7.96. The highest BCUT2D eigenvalue weighted by atomic mass is 16.6. The van der Waals surface area contributed by atoms with Crippen LogP contribution < -0.4 is 14.8 Å². The molecular weight excluding hydrogens is 290 g/mol. The second kappa shape index (κ2) is 7.49. The van der Waals surface area contributed by atoms with Gasteiger partial charge < -0.3 is 19.5 Å². The number of hydrogen-bond acceptors (Lipinski definition) is 4. The molecule has 2 aromatic carbocycles. The van der Waals surface area contributed by atoms with Crippen molar-refractivity contribution in [1.29, 1.82) is 0 Å². The van der Waals surface area contributed by atoms with E-state index in [9.17, 15) is 0 Å². The molecule has 0 spiro atoms. The molecule has 0 saturated carbocycles. The van der Waals surface area contributed by atoms with Crippen LogP contribution >= 0.6 is 0 Å². The maximum atomic E-state index is 6.03. The minimum absolute atomic E-state index is 0.0562. The Balaban J connectivity index is 1.60. The van der Waals surface area contributed by atoms with E-state index in [4.69, 9.17) is 14.2 Å². The molecule has 0 fully saturated rings. The summed E-state index contributed by atoms with van der Waals surface area (Å²) < 4.78 is 16.9. The minimum Gasteiger partial charge on any atom is -0.485 e. The van der Waals surface area contributed by atoms with Gasteiger partial charge >= 0.3 is 0 Å². The number of methoxy groups -OCH3 is 1. The number of benzene rings is 2. The molecule has 4 heteroatoms. The summed E-state index contributed by atoms with van der Waals surface area (Å²) in [5.41, 5.74) is 2.38. The van der Waals surface area contributed by atoms with Crippen molar-refractivity contribution in [2.24, 2.45) is 0 Å². The number of ether oxygens (including phenoxy) is 3. The number of para-hydroxylation sites is 2. The first-order valence-corrected chi connectivity index (χ1v) is 7.96. The average Bonchev–Trinajstić information content (AvgIpc) is 2.60. The van der Waals surface area contributed by atoms with Gasteiger partial charge in [-0.1, -0.05) is 36.4 Å². The van der Waals surface area contributed by atoms with E-state index in [0.29, 0.717) is 19.3 Å². The van der Waals surface area contributed by atoms with Crippen LogP contribution in [-0.4, -0.2) is 26.4 Å². The normalized spacial score (nSPS) is 17.7. The van der Waals surface area contributed by atoms with E-state index in [1.807, 2.05) is 24.3 Å². The molecule has 2 atom stereocenters. The second-order valence-corrected chi connectivity index (χ2v) is 5.84. The lowest BCUT2D eigenvalue weighted by atomic mass is 10.1. The van der Waals surface area contributed by atoms with Crippen LogP contribution in [0.15, 0.2) is 48.5 Å². The highest BCUT2D eigenvalue weighted by Gasteiger charge is 2.21. The molecule has 1 N–H and O–H groups in total. The van der Waals surface area contributed by atoms with E-state index in [1.54, 1.807) is 7.11 Å². The first kappa shape index (κ1) is 15.8. The lowest BCUT2D eigenvalue weighted by molar-refractivity contribution is 0.0913.